The van der Waals surface area contributed by atoms with Crippen LogP contribution >= 0.6 is 0 Å². The van der Waals surface area contributed by atoms with Crippen molar-refractivity contribution in [2.45, 2.75) is 38.8 Å². The first kappa shape index (κ1) is 11.2. The highest BCUT2D eigenvalue weighted by atomic mass is 15.0. The second-order valence-electron chi connectivity index (χ2n) is 5.24. The quantitative estimate of drug-likeness (QED) is 0.839. The standard InChI is InChI=1S/C14H18N2/c1-13(2)8-9-14(13,11-15)16-10-12-6-4-3-5-7-12/h3-7,16H,8-10H2,1-2H3. The summed E-state index contributed by atoms with van der Waals surface area (Å²) in [4.78, 5) is 0. The maximum Gasteiger partial charge on any atom is 0.112 e. The molecule has 1 N–H and O–H groups in total. The van der Waals surface area contributed by atoms with E-state index in [1.807, 2.05) is 18.2 Å². The summed E-state index contributed by atoms with van der Waals surface area (Å²) >= 11 is 0. The number of hydrogen-bond donors (Lipinski definition) is 1. The summed E-state index contributed by atoms with van der Waals surface area (Å²) in [5, 5.41) is 12.8. The predicted octanol–water partition coefficient (Wildman–Crippen LogP) is 2.86. The molecule has 84 valence electrons. The van der Waals surface area contributed by atoms with Gasteiger partial charge in [-0.05, 0) is 23.8 Å². The number of rotatable bonds is 3. The van der Waals surface area contributed by atoms with Crippen molar-refractivity contribution in [1.29, 1.82) is 5.26 Å². The van der Waals surface area contributed by atoms with Gasteiger partial charge in [0.2, 0.25) is 0 Å². The first-order valence-corrected chi connectivity index (χ1v) is 5.80. The number of benzene rings is 1. The van der Waals surface area contributed by atoms with E-state index in [4.69, 9.17) is 0 Å². The summed E-state index contributed by atoms with van der Waals surface area (Å²) in [5.74, 6) is 0. The van der Waals surface area contributed by atoms with Gasteiger partial charge in [-0.3, -0.25) is 5.32 Å². The normalized spacial score (nSPS) is 26.8. The van der Waals surface area contributed by atoms with Crippen molar-refractivity contribution in [2.24, 2.45) is 5.41 Å². The van der Waals surface area contributed by atoms with E-state index in [9.17, 15) is 5.26 Å². The van der Waals surface area contributed by atoms with Crippen LogP contribution in [-0.4, -0.2) is 5.54 Å². The van der Waals surface area contributed by atoms with E-state index in [0.717, 1.165) is 19.4 Å². The molecule has 1 unspecified atom stereocenters. The zero-order valence-electron chi connectivity index (χ0n) is 9.96. The molecule has 1 aliphatic rings. The third kappa shape index (κ3) is 1.72. The molecule has 1 atom stereocenters. The van der Waals surface area contributed by atoms with Gasteiger partial charge in [0, 0.05) is 6.54 Å². The van der Waals surface area contributed by atoms with Crippen molar-refractivity contribution in [3.8, 4) is 6.07 Å². The lowest BCUT2D eigenvalue weighted by atomic mass is 9.57. The van der Waals surface area contributed by atoms with Crippen LogP contribution in [0.3, 0.4) is 0 Å². The topological polar surface area (TPSA) is 35.8 Å². The van der Waals surface area contributed by atoms with Gasteiger partial charge in [0.1, 0.15) is 5.54 Å². The van der Waals surface area contributed by atoms with Gasteiger partial charge in [-0.1, -0.05) is 44.2 Å². The highest BCUT2D eigenvalue weighted by molar-refractivity contribution is 5.23. The Morgan fingerprint density at radius 2 is 1.94 bits per heavy atom. The van der Waals surface area contributed by atoms with Gasteiger partial charge >= 0.3 is 0 Å². The first-order chi connectivity index (χ1) is 7.60. The molecule has 1 aromatic carbocycles. The van der Waals surface area contributed by atoms with Crippen molar-refractivity contribution in [3.63, 3.8) is 0 Å². The Hall–Kier alpha value is -1.33. The fourth-order valence-electron chi connectivity index (χ4n) is 2.30. The Labute approximate surface area is 97.3 Å². The summed E-state index contributed by atoms with van der Waals surface area (Å²) in [7, 11) is 0. The lowest BCUT2D eigenvalue weighted by molar-refractivity contribution is 0.0461. The largest absolute Gasteiger partial charge is 0.295 e. The monoisotopic (exact) mass is 214 g/mol. The summed E-state index contributed by atoms with van der Waals surface area (Å²) in [5.41, 5.74) is 0.999. The zero-order valence-corrected chi connectivity index (χ0v) is 9.96. The Bertz CT molecular complexity index is 402. The fourth-order valence-corrected chi connectivity index (χ4v) is 2.30. The zero-order chi connectivity index (χ0) is 11.6. The molecule has 1 saturated carbocycles. The molecule has 0 saturated heterocycles. The maximum absolute atomic E-state index is 9.34. The van der Waals surface area contributed by atoms with Crippen LogP contribution in [0.25, 0.3) is 0 Å². The van der Waals surface area contributed by atoms with E-state index < -0.39 is 0 Å². The van der Waals surface area contributed by atoms with Crippen LogP contribution in [0.2, 0.25) is 0 Å². The number of nitrogens with zero attached hydrogens (tertiary/aromatic N) is 1. The maximum atomic E-state index is 9.34. The molecule has 0 spiro atoms. The minimum absolute atomic E-state index is 0.0938. The molecule has 0 aromatic heterocycles. The number of hydrogen-bond acceptors (Lipinski definition) is 2. The minimum Gasteiger partial charge on any atom is -0.295 e. The molecule has 16 heavy (non-hydrogen) atoms. The van der Waals surface area contributed by atoms with Crippen LogP contribution in [0.1, 0.15) is 32.3 Å². The first-order valence-electron chi connectivity index (χ1n) is 5.80. The predicted molar refractivity (Wildman–Crippen MR) is 64.6 cm³/mol. The van der Waals surface area contributed by atoms with Gasteiger partial charge in [0.05, 0.1) is 6.07 Å². The number of nitriles is 1. The van der Waals surface area contributed by atoms with E-state index in [0.29, 0.717) is 0 Å². The molecule has 1 aromatic rings. The lowest BCUT2D eigenvalue weighted by Gasteiger charge is -2.52. The molecular formula is C14H18N2. The third-order valence-electron chi connectivity index (χ3n) is 3.91. The van der Waals surface area contributed by atoms with Gasteiger partial charge in [0.25, 0.3) is 0 Å². The molecule has 0 bridgehead atoms. The SMILES string of the molecule is CC1(C)CCC1(C#N)NCc1ccccc1. The van der Waals surface area contributed by atoms with Crippen molar-refractivity contribution < 1.29 is 0 Å². The van der Waals surface area contributed by atoms with Gasteiger partial charge < -0.3 is 0 Å². The summed E-state index contributed by atoms with van der Waals surface area (Å²) in [6.07, 6.45) is 2.09. The van der Waals surface area contributed by atoms with Gasteiger partial charge in [-0.2, -0.15) is 5.26 Å². The lowest BCUT2D eigenvalue weighted by Crippen LogP contribution is -2.62. The van der Waals surface area contributed by atoms with E-state index in [-0.39, 0.29) is 11.0 Å². The van der Waals surface area contributed by atoms with Gasteiger partial charge in [-0.25, -0.2) is 0 Å². The number of nitrogens with one attached hydrogen (secondary N) is 1. The van der Waals surface area contributed by atoms with Crippen LogP contribution in [0.4, 0.5) is 0 Å². The Morgan fingerprint density at radius 1 is 1.25 bits per heavy atom. The third-order valence-corrected chi connectivity index (χ3v) is 3.91. The van der Waals surface area contributed by atoms with Crippen LogP contribution in [-0.2, 0) is 6.54 Å². The second kappa shape index (κ2) is 3.92. The molecule has 1 aliphatic carbocycles. The summed E-state index contributed by atoms with van der Waals surface area (Å²) < 4.78 is 0. The summed E-state index contributed by atoms with van der Waals surface area (Å²) in [6, 6.07) is 12.7. The van der Waals surface area contributed by atoms with Crippen molar-refractivity contribution in [1.82, 2.24) is 5.32 Å². The summed E-state index contributed by atoms with van der Waals surface area (Å²) in [6.45, 7) is 5.10. The Morgan fingerprint density at radius 3 is 2.38 bits per heavy atom. The van der Waals surface area contributed by atoms with Crippen LogP contribution in [0.5, 0.6) is 0 Å². The van der Waals surface area contributed by atoms with E-state index in [1.54, 1.807) is 0 Å². The Balaban J connectivity index is 2.03. The van der Waals surface area contributed by atoms with E-state index in [2.05, 4.69) is 37.4 Å². The van der Waals surface area contributed by atoms with E-state index >= 15 is 0 Å². The average molecular weight is 214 g/mol. The molecule has 0 amide bonds. The minimum atomic E-state index is -0.331. The highest BCUT2D eigenvalue weighted by Crippen LogP contribution is 2.49. The molecule has 0 radical (unpaired) electrons. The molecule has 2 heteroatoms. The smallest absolute Gasteiger partial charge is 0.112 e. The highest BCUT2D eigenvalue weighted by Gasteiger charge is 2.53. The van der Waals surface area contributed by atoms with Crippen molar-refractivity contribution in [2.75, 3.05) is 0 Å². The van der Waals surface area contributed by atoms with Gasteiger partial charge in [0.15, 0.2) is 0 Å². The molecule has 0 aliphatic heterocycles. The van der Waals surface area contributed by atoms with Crippen molar-refractivity contribution in [3.05, 3.63) is 35.9 Å². The van der Waals surface area contributed by atoms with E-state index in [1.165, 1.54) is 5.56 Å². The molecule has 2 rings (SSSR count). The molecular weight excluding hydrogens is 196 g/mol. The average Bonchev–Trinajstić information content (AvgIpc) is 2.30. The van der Waals surface area contributed by atoms with Crippen molar-refractivity contribution >= 4 is 0 Å². The fraction of sp³-hybridized carbons (Fsp3) is 0.500. The van der Waals surface area contributed by atoms with Crippen LogP contribution in [0, 0.1) is 16.7 Å². The Kier molecular flexibility index (Phi) is 2.73. The molecule has 1 fully saturated rings. The molecule has 0 heterocycles. The van der Waals surface area contributed by atoms with Gasteiger partial charge in [-0.15, -0.1) is 0 Å². The second-order valence-corrected chi connectivity index (χ2v) is 5.24. The van der Waals surface area contributed by atoms with Crippen LogP contribution < -0.4 is 5.32 Å². The molecule has 2 nitrogen and oxygen atoms in total. The van der Waals surface area contributed by atoms with Crippen LogP contribution in [0.15, 0.2) is 30.3 Å².